The van der Waals surface area contributed by atoms with Gasteiger partial charge in [0.15, 0.2) is 0 Å². The lowest BCUT2D eigenvalue weighted by atomic mass is 10.1. The molecule has 0 spiro atoms. The van der Waals surface area contributed by atoms with Crippen LogP contribution in [0, 0.1) is 17.7 Å². The van der Waals surface area contributed by atoms with Crippen molar-refractivity contribution in [3.8, 4) is 11.8 Å². The van der Waals surface area contributed by atoms with Crippen molar-refractivity contribution in [3.63, 3.8) is 0 Å². The first-order valence-corrected chi connectivity index (χ1v) is 5.90. The van der Waals surface area contributed by atoms with E-state index in [1.807, 2.05) is 0 Å². The molecule has 0 saturated heterocycles. The Hall–Kier alpha value is -2.58. The predicted molar refractivity (Wildman–Crippen MR) is 70.2 cm³/mol. The number of hydrogen-bond acceptors (Lipinski definition) is 3. The number of benzene rings is 1. The largest absolute Gasteiger partial charge is 0.467 e. The Morgan fingerprint density at radius 1 is 1.40 bits per heavy atom. The number of nitrogens with one attached hydrogen (secondary N) is 1. The molecule has 20 heavy (non-hydrogen) atoms. The summed E-state index contributed by atoms with van der Waals surface area (Å²) in [4.78, 5) is 11.8. The summed E-state index contributed by atoms with van der Waals surface area (Å²) in [6.07, 6.45) is 1.50. The van der Waals surface area contributed by atoms with E-state index in [1.54, 1.807) is 12.1 Å². The molecule has 0 aliphatic heterocycles. The standard InChI is InChI=1S/C15H12FNO3/c16-14-9-11(3-1-7-18)5-6-13(14)15(19)17-10-12-4-2-8-20-12/h2,4-6,8-9,18H,7,10H2,(H,17,19). The van der Waals surface area contributed by atoms with Gasteiger partial charge in [-0.15, -0.1) is 0 Å². The number of aliphatic hydroxyl groups excluding tert-OH is 1. The van der Waals surface area contributed by atoms with Gasteiger partial charge in [-0.2, -0.15) is 0 Å². The fraction of sp³-hybridized carbons (Fsp3) is 0.133. The van der Waals surface area contributed by atoms with Gasteiger partial charge in [0.25, 0.3) is 5.91 Å². The molecule has 102 valence electrons. The molecule has 1 heterocycles. The van der Waals surface area contributed by atoms with Crippen molar-refractivity contribution in [2.24, 2.45) is 0 Å². The summed E-state index contributed by atoms with van der Waals surface area (Å²) in [6.45, 7) is -0.107. The maximum atomic E-state index is 13.8. The van der Waals surface area contributed by atoms with Crippen LogP contribution in [0.1, 0.15) is 21.7 Å². The molecule has 1 aromatic heterocycles. The SMILES string of the molecule is O=C(NCc1ccco1)c1ccc(C#CCO)cc1F. The van der Waals surface area contributed by atoms with Crippen molar-refractivity contribution < 1.29 is 18.7 Å². The average Bonchev–Trinajstić information content (AvgIpc) is 2.96. The van der Waals surface area contributed by atoms with Gasteiger partial charge in [-0.05, 0) is 30.3 Å². The maximum absolute atomic E-state index is 13.8. The van der Waals surface area contributed by atoms with E-state index in [1.165, 1.54) is 18.4 Å². The highest BCUT2D eigenvalue weighted by molar-refractivity contribution is 5.94. The van der Waals surface area contributed by atoms with Crippen LogP contribution >= 0.6 is 0 Å². The fourth-order valence-electron chi connectivity index (χ4n) is 1.59. The van der Waals surface area contributed by atoms with Crippen molar-refractivity contribution in [2.45, 2.75) is 6.54 Å². The molecular weight excluding hydrogens is 261 g/mol. The highest BCUT2D eigenvalue weighted by Gasteiger charge is 2.12. The number of carbonyl (C=O) groups is 1. The highest BCUT2D eigenvalue weighted by Crippen LogP contribution is 2.10. The second-order valence-corrected chi connectivity index (χ2v) is 3.92. The van der Waals surface area contributed by atoms with Gasteiger partial charge < -0.3 is 14.8 Å². The molecular formula is C15H12FNO3. The maximum Gasteiger partial charge on any atom is 0.254 e. The number of aliphatic hydroxyl groups is 1. The minimum atomic E-state index is -0.660. The van der Waals surface area contributed by atoms with E-state index >= 15 is 0 Å². The van der Waals surface area contributed by atoms with E-state index < -0.39 is 11.7 Å². The van der Waals surface area contributed by atoms with Crippen LogP contribution in [-0.4, -0.2) is 17.6 Å². The van der Waals surface area contributed by atoms with Gasteiger partial charge in [0.2, 0.25) is 0 Å². The predicted octanol–water partition coefficient (Wildman–Crippen LogP) is 1.69. The van der Waals surface area contributed by atoms with Crippen LogP contribution in [0.25, 0.3) is 0 Å². The van der Waals surface area contributed by atoms with Gasteiger partial charge >= 0.3 is 0 Å². The van der Waals surface area contributed by atoms with Gasteiger partial charge in [-0.1, -0.05) is 11.8 Å². The van der Waals surface area contributed by atoms with Crippen LogP contribution in [0.3, 0.4) is 0 Å². The van der Waals surface area contributed by atoms with E-state index in [9.17, 15) is 9.18 Å². The summed E-state index contributed by atoms with van der Waals surface area (Å²) in [6, 6.07) is 7.45. The third kappa shape index (κ3) is 3.46. The zero-order valence-electron chi connectivity index (χ0n) is 10.5. The molecule has 0 unspecified atom stereocenters. The third-order valence-electron chi connectivity index (χ3n) is 2.53. The number of halogens is 1. The van der Waals surface area contributed by atoms with Crippen LogP contribution in [0.5, 0.6) is 0 Å². The van der Waals surface area contributed by atoms with Crippen molar-refractivity contribution in [3.05, 3.63) is 59.3 Å². The lowest BCUT2D eigenvalue weighted by Crippen LogP contribution is -2.23. The minimum Gasteiger partial charge on any atom is -0.467 e. The average molecular weight is 273 g/mol. The molecule has 5 heteroatoms. The lowest BCUT2D eigenvalue weighted by molar-refractivity contribution is 0.0944. The van der Waals surface area contributed by atoms with Gasteiger partial charge in [0.1, 0.15) is 18.2 Å². The first-order valence-electron chi connectivity index (χ1n) is 5.90. The quantitative estimate of drug-likeness (QED) is 0.837. The van der Waals surface area contributed by atoms with Crippen molar-refractivity contribution in [1.29, 1.82) is 0 Å². The molecule has 2 N–H and O–H groups in total. The fourth-order valence-corrected chi connectivity index (χ4v) is 1.59. The Morgan fingerprint density at radius 2 is 2.25 bits per heavy atom. The van der Waals surface area contributed by atoms with E-state index in [2.05, 4.69) is 17.2 Å². The number of furan rings is 1. The minimum absolute atomic E-state index is 0.0638. The first kappa shape index (κ1) is 13.8. The molecule has 2 rings (SSSR count). The molecule has 0 aliphatic rings. The Morgan fingerprint density at radius 3 is 2.90 bits per heavy atom. The van der Waals surface area contributed by atoms with Crippen molar-refractivity contribution >= 4 is 5.91 Å². The first-order chi connectivity index (χ1) is 9.70. The summed E-state index contributed by atoms with van der Waals surface area (Å²) in [5.41, 5.74) is 0.338. The number of carbonyl (C=O) groups excluding carboxylic acids is 1. The smallest absolute Gasteiger partial charge is 0.254 e. The molecule has 0 saturated carbocycles. The number of amides is 1. The van der Waals surface area contributed by atoms with Gasteiger partial charge in [0.05, 0.1) is 18.4 Å². The highest BCUT2D eigenvalue weighted by atomic mass is 19.1. The number of rotatable bonds is 3. The van der Waals surface area contributed by atoms with Crippen LogP contribution in [-0.2, 0) is 6.54 Å². The molecule has 1 amide bonds. The van der Waals surface area contributed by atoms with Crippen LogP contribution < -0.4 is 5.32 Å². The van der Waals surface area contributed by atoms with E-state index in [-0.39, 0.29) is 18.7 Å². The summed E-state index contributed by atoms with van der Waals surface area (Å²) in [7, 11) is 0. The van der Waals surface area contributed by atoms with Crippen molar-refractivity contribution in [2.75, 3.05) is 6.61 Å². The molecule has 0 radical (unpaired) electrons. The molecule has 2 aromatic rings. The van der Waals surface area contributed by atoms with E-state index in [4.69, 9.17) is 9.52 Å². The Kier molecular flexibility index (Phi) is 4.53. The molecule has 0 fully saturated rings. The second-order valence-electron chi connectivity index (χ2n) is 3.92. The number of hydrogen-bond donors (Lipinski definition) is 2. The van der Waals surface area contributed by atoms with Gasteiger partial charge in [-0.3, -0.25) is 4.79 Å². The molecule has 0 aliphatic carbocycles. The van der Waals surface area contributed by atoms with Gasteiger partial charge in [0, 0.05) is 5.56 Å². The third-order valence-corrected chi connectivity index (χ3v) is 2.53. The summed E-state index contributed by atoms with van der Waals surface area (Å²) in [5.74, 6) is 4.38. The molecule has 0 bridgehead atoms. The normalized spacial score (nSPS) is 9.70. The van der Waals surface area contributed by atoms with Crippen LogP contribution in [0.4, 0.5) is 4.39 Å². The summed E-state index contributed by atoms with van der Waals surface area (Å²) < 4.78 is 18.8. The van der Waals surface area contributed by atoms with E-state index in [0.29, 0.717) is 11.3 Å². The Balaban J connectivity index is 2.06. The molecule has 0 atom stereocenters. The Bertz CT molecular complexity index is 653. The lowest BCUT2D eigenvalue weighted by Gasteiger charge is -2.05. The van der Waals surface area contributed by atoms with Crippen LogP contribution in [0.2, 0.25) is 0 Å². The van der Waals surface area contributed by atoms with Gasteiger partial charge in [-0.25, -0.2) is 4.39 Å². The second kappa shape index (κ2) is 6.55. The summed E-state index contributed by atoms with van der Waals surface area (Å²) in [5, 5.41) is 11.1. The van der Waals surface area contributed by atoms with Crippen molar-refractivity contribution in [1.82, 2.24) is 5.32 Å². The molecule has 1 aromatic carbocycles. The Labute approximate surface area is 115 Å². The monoisotopic (exact) mass is 273 g/mol. The topological polar surface area (TPSA) is 62.5 Å². The van der Waals surface area contributed by atoms with Crippen LogP contribution in [0.15, 0.2) is 41.0 Å². The summed E-state index contributed by atoms with van der Waals surface area (Å²) >= 11 is 0. The zero-order valence-corrected chi connectivity index (χ0v) is 10.5. The van der Waals surface area contributed by atoms with E-state index in [0.717, 1.165) is 6.07 Å². The zero-order chi connectivity index (χ0) is 14.4. The molecule has 4 nitrogen and oxygen atoms in total.